The first-order valence-corrected chi connectivity index (χ1v) is 8.73. The number of nitrogens with one attached hydrogen (secondary N) is 2. The number of amides is 2. The third kappa shape index (κ3) is 4.37. The smallest absolute Gasteiger partial charge is 0.314 e. The molecular formula is C20H25FN3O+. The third-order valence-corrected chi connectivity index (χ3v) is 4.82. The highest BCUT2D eigenvalue weighted by atomic mass is 19.1. The molecule has 2 N–H and O–H groups in total. The fourth-order valence-corrected chi connectivity index (χ4v) is 3.20. The Labute approximate surface area is 148 Å². The van der Waals surface area contributed by atoms with E-state index in [9.17, 15) is 9.18 Å². The van der Waals surface area contributed by atoms with Crippen LogP contribution in [0.1, 0.15) is 23.1 Å². The summed E-state index contributed by atoms with van der Waals surface area (Å²) in [7, 11) is 0. The molecular weight excluding hydrogens is 317 g/mol. The highest BCUT2D eigenvalue weighted by molar-refractivity contribution is 5.89. The van der Waals surface area contributed by atoms with E-state index in [4.69, 9.17) is 0 Å². The van der Waals surface area contributed by atoms with Crippen molar-refractivity contribution in [2.24, 2.45) is 0 Å². The zero-order valence-electron chi connectivity index (χ0n) is 14.8. The van der Waals surface area contributed by atoms with Crippen LogP contribution in [0.15, 0.2) is 42.5 Å². The van der Waals surface area contributed by atoms with E-state index in [1.807, 2.05) is 42.2 Å². The standard InChI is InChI=1S/C20H24FN3O/c1-15-8-9-18(12-16(15)2)22-20(25)24-11-5-10-23(14-24)13-17-6-3-4-7-19(17)21/h3-4,6-9,12H,5,10-11,13-14H2,1-2H3,(H,22,25)/p+1. The second-order valence-corrected chi connectivity index (χ2v) is 6.77. The van der Waals surface area contributed by atoms with Gasteiger partial charge < -0.3 is 10.2 Å². The highest BCUT2D eigenvalue weighted by Crippen LogP contribution is 2.15. The topological polar surface area (TPSA) is 36.8 Å². The van der Waals surface area contributed by atoms with Gasteiger partial charge in [-0.15, -0.1) is 0 Å². The van der Waals surface area contributed by atoms with Gasteiger partial charge in [0.05, 0.1) is 6.54 Å². The molecule has 3 rings (SSSR count). The largest absolute Gasteiger partial charge is 0.326 e. The van der Waals surface area contributed by atoms with E-state index in [1.54, 1.807) is 6.07 Å². The Morgan fingerprint density at radius 2 is 2.00 bits per heavy atom. The van der Waals surface area contributed by atoms with Gasteiger partial charge in [0.2, 0.25) is 0 Å². The van der Waals surface area contributed by atoms with Gasteiger partial charge in [-0.25, -0.2) is 9.18 Å². The fourth-order valence-electron chi connectivity index (χ4n) is 3.20. The highest BCUT2D eigenvalue weighted by Gasteiger charge is 2.25. The monoisotopic (exact) mass is 342 g/mol. The number of rotatable bonds is 3. The fraction of sp³-hybridized carbons (Fsp3) is 0.350. The molecule has 2 aromatic carbocycles. The van der Waals surface area contributed by atoms with Gasteiger partial charge >= 0.3 is 6.03 Å². The number of halogens is 1. The van der Waals surface area contributed by atoms with Gasteiger partial charge in [0.25, 0.3) is 0 Å². The van der Waals surface area contributed by atoms with Crippen molar-refractivity contribution in [3.8, 4) is 0 Å². The van der Waals surface area contributed by atoms with Crippen molar-refractivity contribution in [1.29, 1.82) is 0 Å². The number of quaternary nitrogens is 1. The molecule has 1 fully saturated rings. The van der Waals surface area contributed by atoms with E-state index in [-0.39, 0.29) is 11.8 Å². The molecule has 4 nitrogen and oxygen atoms in total. The summed E-state index contributed by atoms with van der Waals surface area (Å²) in [6.45, 7) is 6.95. The summed E-state index contributed by atoms with van der Waals surface area (Å²) in [5, 5.41) is 2.98. The van der Waals surface area contributed by atoms with Gasteiger partial charge in [-0.2, -0.15) is 0 Å². The van der Waals surface area contributed by atoms with Crippen molar-refractivity contribution in [2.75, 3.05) is 25.1 Å². The Morgan fingerprint density at radius 1 is 1.20 bits per heavy atom. The summed E-state index contributed by atoms with van der Waals surface area (Å²) >= 11 is 0. The quantitative estimate of drug-likeness (QED) is 0.884. The van der Waals surface area contributed by atoms with E-state index in [0.717, 1.165) is 30.8 Å². The number of hydrogen-bond donors (Lipinski definition) is 2. The first-order chi connectivity index (χ1) is 12.0. The molecule has 0 aliphatic carbocycles. The number of urea groups is 1. The maximum Gasteiger partial charge on any atom is 0.326 e. The first kappa shape index (κ1) is 17.4. The van der Waals surface area contributed by atoms with E-state index in [2.05, 4.69) is 12.2 Å². The van der Waals surface area contributed by atoms with Crippen LogP contribution in [0.3, 0.4) is 0 Å². The van der Waals surface area contributed by atoms with Crippen LogP contribution in [-0.2, 0) is 6.54 Å². The molecule has 1 aliphatic rings. The van der Waals surface area contributed by atoms with E-state index in [1.165, 1.54) is 16.5 Å². The van der Waals surface area contributed by atoms with E-state index >= 15 is 0 Å². The van der Waals surface area contributed by atoms with Gasteiger partial charge in [0, 0.05) is 24.2 Å². The zero-order valence-corrected chi connectivity index (χ0v) is 14.8. The maximum atomic E-state index is 13.9. The lowest BCUT2D eigenvalue weighted by atomic mass is 10.1. The van der Waals surface area contributed by atoms with Gasteiger partial charge in [0.1, 0.15) is 12.4 Å². The molecule has 132 valence electrons. The van der Waals surface area contributed by atoms with Crippen LogP contribution in [0.4, 0.5) is 14.9 Å². The molecule has 1 unspecified atom stereocenters. The number of benzene rings is 2. The molecule has 0 radical (unpaired) electrons. The second kappa shape index (κ2) is 7.66. The first-order valence-electron chi connectivity index (χ1n) is 8.73. The summed E-state index contributed by atoms with van der Waals surface area (Å²) < 4.78 is 13.9. The summed E-state index contributed by atoms with van der Waals surface area (Å²) in [6, 6.07) is 12.7. The van der Waals surface area contributed by atoms with Gasteiger partial charge in [-0.1, -0.05) is 24.3 Å². The minimum Gasteiger partial charge on any atom is -0.314 e. The number of nitrogens with zero attached hydrogens (tertiary/aromatic N) is 1. The predicted molar refractivity (Wildman–Crippen MR) is 97.1 cm³/mol. The Bertz CT molecular complexity index is 762. The Kier molecular flexibility index (Phi) is 5.34. The van der Waals surface area contributed by atoms with Gasteiger partial charge in [-0.05, 0) is 43.2 Å². The summed E-state index contributed by atoms with van der Waals surface area (Å²) in [5.74, 6) is -0.174. The van der Waals surface area contributed by atoms with E-state index < -0.39 is 0 Å². The molecule has 25 heavy (non-hydrogen) atoms. The normalized spacial score (nSPS) is 17.4. The minimum atomic E-state index is -0.174. The van der Waals surface area contributed by atoms with Crippen LogP contribution in [0.2, 0.25) is 0 Å². The summed E-state index contributed by atoms with van der Waals surface area (Å²) in [4.78, 5) is 15.6. The predicted octanol–water partition coefficient (Wildman–Crippen LogP) is 2.72. The van der Waals surface area contributed by atoms with Crippen LogP contribution in [-0.4, -0.2) is 30.7 Å². The van der Waals surface area contributed by atoms with Crippen molar-refractivity contribution >= 4 is 11.7 Å². The number of carbonyl (C=O) groups is 1. The molecule has 1 saturated heterocycles. The van der Waals surface area contributed by atoms with Crippen molar-refractivity contribution in [2.45, 2.75) is 26.8 Å². The Hall–Kier alpha value is -2.40. The zero-order chi connectivity index (χ0) is 17.8. The van der Waals surface area contributed by atoms with Crippen LogP contribution >= 0.6 is 0 Å². The summed E-state index contributed by atoms with van der Waals surface area (Å²) in [5.41, 5.74) is 3.88. The lowest BCUT2D eigenvalue weighted by Crippen LogP contribution is -3.13. The molecule has 0 bridgehead atoms. The second-order valence-electron chi connectivity index (χ2n) is 6.77. The molecule has 1 heterocycles. The number of anilines is 1. The molecule has 1 aliphatic heterocycles. The van der Waals surface area contributed by atoms with Crippen LogP contribution < -0.4 is 10.2 Å². The molecule has 1 atom stereocenters. The van der Waals surface area contributed by atoms with Crippen LogP contribution in [0.25, 0.3) is 0 Å². The number of aryl methyl sites for hydroxylation is 2. The molecule has 5 heteroatoms. The molecule has 0 saturated carbocycles. The van der Waals surface area contributed by atoms with Crippen molar-refractivity contribution in [3.63, 3.8) is 0 Å². The Morgan fingerprint density at radius 3 is 2.76 bits per heavy atom. The molecule has 2 aromatic rings. The lowest BCUT2D eigenvalue weighted by Gasteiger charge is -2.33. The van der Waals surface area contributed by atoms with Crippen LogP contribution in [0, 0.1) is 19.7 Å². The average Bonchev–Trinajstić information content (AvgIpc) is 2.60. The molecule has 0 aromatic heterocycles. The van der Waals surface area contributed by atoms with Crippen molar-refractivity contribution in [1.82, 2.24) is 4.90 Å². The maximum absolute atomic E-state index is 13.9. The number of carbonyl (C=O) groups excluding carboxylic acids is 1. The van der Waals surface area contributed by atoms with Gasteiger partial charge in [-0.3, -0.25) is 4.90 Å². The third-order valence-electron chi connectivity index (χ3n) is 4.82. The summed E-state index contributed by atoms with van der Waals surface area (Å²) in [6.07, 6.45) is 0.921. The number of hydrogen-bond acceptors (Lipinski definition) is 1. The SMILES string of the molecule is Cc1ccc(NC(=O)N2CCC[NH+](Cc3ccccc3F)C2)cc1C. The van der Waals surface area contributed by atoms with E-state index in [0.29, 0.717) is 18.8 Å². The van der Waals surface area contributed by atoms with Crippen LogP contribution in [0.5, 0.6) is 0 Å². The molecule has 0 spiro atoms. The Balaban J connectivity index is 1.61. The molecule has 2 amide bonds. The van der Waals surface area contributed by atoms with Gasteiger partial charge in [0.15, 0.2) is 6.67 Å². The van der Waals surface area contributed by atoms with Crippen molar-refractivity contribution < 1.29 is 14.1 Å². The minimum absolute atomic E-state index is 0.0889. The lowest BCUT2D eigenvalue weighted by molar-refractivity contribution is -0.927. The average molecular weight is 342 g/mol. The van der Waals surface area contributed by atoms with Crippen molar-refractivity contribution in [3.05, 3.63) is 65.0 Å².